The van der Waals surface area contributed by atoms with Gasteiger partial charge in [-0.1, -0.05) is 24.4 Å². The van der Waals surface area contributed by atoms with Gasteiger partial charge >= 0.3 is 0 Å². The molecular formula is C30H37N7O2. The van der Waals surface area contributed by atoms with Gasteiger partial charge in [0.25, 0.3) is 5.56 Å². The molecule has 0 unspecified atom stereocenters. The van der Waals surface area contributed by atoms with E-state index in [0.29, 0.717) is 16.7 Å². The Kier molecular flexibility index (Phi) is 9.42. The summed E-state index contributed by atoms with van der Waals surface area (Å²) in [6.45, 7) is 9.82. The molecule has 1 fully saturated rings. The second kappa shape index (κ2) is 12.5. The van der Waals surface area contributed by atoms with Gasteiger partial charge in [0.05, 0.1) is 17.4 Å². The number of hydrogen-bond donors (Lipinski definition) is 0. The lowest BCUT2D eigenvalue weighted by Gasteiger charge is -2.33. The highest BCUT2D eigenvalue weighted by Gasteiger charge is 2.25. The van der Waals surface area contributed by atoms with E-state index in [1.165, 1.54) is 11.0 Å². The average molecular weight is 528 g/mol. The largest absolute Gasteiger partial charge is 0.390 e. The normalized spacial score (nSPS) is 13.9. The number of pyridine rings is 3. The van der Waals surface area contributed by atoms with Gasteiger partial charge in [-0.15, -0.1) is 0 Å². The molecule has 3 heterocycles. The highest BCUT2D eigenvalue weighted by Crippen LogP contribution is 2.32. The van der Waals surface area contributed by atoms with Gasteiger partial charge in [0.2, 0.25) is 0 Å². The SMILES string of the molecule is CN(c1c(C#N)c(=O)n(C)c2ccc(C#N)nc12)C1CCCCC1.Cc1ccc(/C=N\OC(C)(C)C)c(C)n1. The molecule has 0 aromatic carbocycles. The summed E-state index contributed by atoms with van der Waals surface area (Å²) >= 11 is 0. The number of aromatic nitrogens is 3. The molecule has 0 N–H and O–H groups in total. The minimum absolute atomic E-state index is 0.0978. The maximum absolute atomic E-state index is 12.6. The predicted octanol–water partition coefficient (Wildman–Crippen LogP) is 5.29. The molecule has 4 rings (SSSR count). The summed E-state index contributed by atoms with van der Waals surface area (Å²) in [5, 5.41) is 22.7. The van der Waals surface area contributed by atoms with Crippen LogP contribution in [-0.2, 0) is 11.9 Å². The van der Waals surface area contributed by atoms with Crippen LogP contribution in [0.3, 0.4) is 0 Å². The Balaban J connectivity index is 0.000000242. The van der Waals surface area contributed by atoms with E-state index in [4.69, 9.17) is 10.1 Å². The molecule has 204 valence electrons. The first-order valence-electron chi connectivity index (χ1n) is 13.2. The average Bonchev–Trinajstić information content (AvgIpc) is 2.91. The van der Waals surface area contributed by atoms with Crippen molar-refractivity contribution in [3.8, 4) is 12.1 Å². The molecule has 0 atom stereocenters. The van der Waals surface area contributed by atoms with Crippen LogP contribution in [0.1, 0.15) is 81.1 Å². The van der Waals surface area contributed by atoms with E-state index in [9.17, 15) is 10.1 Å². The summed E-state index contributed by atoms with van der Waals surface area (Å²) in [7, 11) is 3.55. The standard InChI is InChI=1S/C18H19N5O.C12H18N2O/c1-22(13-6-4-3-5-7-13)17-14(11-20)18(24)23(2)15-9-8-12(10-19)21-16(15)17;1-9-6-7-11(10(2)14-9)8-13-15-12(3,4)5/h8-9,13H,3-7H2,1-2H3;6-8H,1-5H3/b;13-8-. The number of rotatable bonds is 4. The van der Waals surface area contributed by atoms with Crippen molar-refractivity contribution < 1.29 is 4.84 Å². The Morgan fingerprint density at radius 3 is 2.36 bits per heavy atom. The molecule has 0 saturated heterocycles. The molecule has 0 amide bonds. The fraction of sp³-hybridized carbons (Fsp3) is 0.467. The third-order valence-electron chi connectivity index (χ3n) is 6.70. The molecule has 3 aromatic heterocycles. The molecule has 0 aliphatic heterocycles. The van der Waals surface area contributed by atoms with Crippen molar-refractivity contribution in [2.24, 2.45) is 12.2 Å². The van der Waals surface area contributed by atoms with Crippen LogP contribution in [-0.4, -0.2) is 39.4 Å². The van der Waals surface area contributed by atoms with Crippen molar-refractivity contribution in [3.63, 3.8) is 0 Å². The van der Waals surface area contributed by atoms with E-state index in [2.05, 4.69) is 21.2 Å². The van der Waals surface area contributed by atoms with Crippen LogP contribution in [0.2, 0.25) is 0 Å². The molecule has 9 nitrogen and oxygen atoms in total. The van der Waals surface area contributed by atoms with Gasteiger partial charge in [0.1, 0.15) is 34.5 Å². The van der Waals surface area contributed by atoms with Crippen LogP contribution < -0.4 is 10.5 Å². The van der Waals surface area contributed by atoms with Crippen molar-refractivity contribution in [2.45, 2.75) is 78.4 Å². The third-order valence-corrected chi connectivity index (χ3v) is 6.70. The molecule has 0 radical (unpaired) electrons. The van der Waals surface area contributed by atoms with E-state index >= 15 is 0 Å². The minimum Gasteiger partial charge on any atom is -0.390 e. The Hall–Kier alpha value is -4.24. The molecule has 1 aliphatic rings. The molecule has 39 heavy (non-hydrogen) atoms. The molecular weight excluding hydrogens is 490 g/mol. The van der Waals surface area contributed by atoms with Gasteiger partial charge in [-0.3, -0.25) is 9.78 Å². The molecule has 1 aliphatic carbocycles. The number of nitriles is 2. The van der Waals surface area contributed by atoms with Crippen molar-refractivity contribution in [1.82, 2.24) is 14.5 Å². The predicted molar refractivity (Wildman–Crippen MR) is 154 cm³/mol. The maximum atomic E-state index is 12.6. The summed E-state index contributed by atoms with van der Waals surface area (Å²) in [6, 6.07) is 11.7. The van der Waals surface area contributed by atoms with E-state index in [-0.39, 0.29) is 28.5 Å². The van der Waals surface area contributed by atoms with Crippen LogP contribution in [0.4, 0.5) is 5.69 Å². The van der Waals surface area contributed by atoms with Gasteiger partial charge in [0, 0.05) is 37.1 Å². The first-order valence-corrected chi connectivity index (χ1v) is 13.2. The summed E-state index contributed by atoms with van der Waals surface area (Å²) < 4.78 is 1.43. The van der Waals surface area contributed by atoms with Crippen molar-refractivity contribution in [3.05, 3.63) is 62.8 Å². The lowest BCUT2D eigenvalue weighted by Crippen LogP contribution is -2.36. The Morgan fingerprint density at radius 1 is 1.08 bits per heavy atom. The molecule has 3 aromatic rings. The van der Waals surface area contributed by atoms with Crippen LogP contribution >= 0.6 is 0 Å². The quantitative estimate of drug-likeness (QED) is 0.334. The second-order valence-corrected chi connectivity index (χ2v) is 10.8. The number of nitrogens with zero attached hydrogens (tertiary/aromatic N) is 7. The first-order chi connectivity index (χ1) is 18.5. The van der Waals surface area contributed by atoms with Crippen LogP contribution in [0.5, 0.6) is 0 Å². The summed E-state index contributed by atoms with van der Waals surface area (Å²) in [5.74, 6) is 0. The fourth-order valence-corrected chi connectivity index (χ4v) is 4.63. The Labute approximate surface area is 230 Å². The third kappa shape index (κ3) is 7.20. The monoisotopic (exact) mass is 527 g/mol. The number of fused-ring (bicyclic) bond motifs is 1. The number of anilines is 1. The summed E-state index contributed by atoms with van der Waals surface area (Å²) in [6.07, 6.45) is 7.30. The van der Waals surface area contributed by atoms with E-state index in [1.807, 2.05) is 64.8 Å². The highest BCUT2D eigenvalue weighted by atomic mass is 16.6. The van der Waals surface area contributed by atoms with Crippen LogP contribution in [0, 0.1) is 36.5 Å². The van der Waals surface area contributed by atoms with E-state index in [0.717, 1.165) is 42.6 Å². The Morgan fingerprint density at radius 2 is 1.77 bits per heavy atom. The lowest BCUT2D eigenvalue weighted by molar-refractivity contribution is 0.00198. The van der Waals surface area contributed by atoms with Crippen LogP contribution in [0.15, 0.2) is 34.2 Å². The summed E-state index contributed by atoms with van der Waals surface area (Å²) in [4.78, 5) is 28.6. The smallest absolute Gasteiger partial charge is 0.270 e. The number of aryl methyl sites for hydroxylation is 3. The van der Waals surface area contributed by atoms with Gasteiger partial charge in [0.15, 0.2) is 0 Å². The highest BCUT2D eigenvalue weighted by molar-refractivity contribution is 5.92. The van der Waals surface area contributed by atoms with Crippen molar-refractivity contribution in [1.29, 1.82) is 10.5 Å². The summed E-state index contributed by atoms with van der Waals surface area (Å²) in [5.41, 5.74) is 4.51. The minimum atomic E-state index is -0.325. The molecule has 1 saturated carbocycles. The van der Waals surface area contributed by atoms with E-state index < -0.39 is 0 Å². The Bertz CT molecular complexity index is 1500. The van der Waals surface area contributed by atoms with Gasteiger partial charge < -0.3 is 14.3 Å². The zero-order valence-electron chi connectivity index (χ0n) is 23.9. The van der Waals surface area contributed by atoms with Gasteiger partial charge in [-0.05, 0) is 71.7 Å². The lowest BCUT2D eigenvalue weighted by atomic mass is 9.93. The van der Waals surface area contributed by atoms with Gasteiger partial charge in [-0.2, -0.15) is 10.5 Å². The number of oxime groups is 1. The molecule has 0 spiro atoms. The molecule has 0 bridgehead atoms. The topological polar surface area (TPSA) is 120 Å². The maximum Gasteiger partial charge on any atom is 0.270 e. The van der Waals surface area contributed by atoms with Gasteiger partial charge in [-0.25, -0.2) is 4.98 Å². The number of hydrogen-bond acceptors (Lipinski definition) is 8. The van der Waals surface area contributed by atoms with Crippen LogP contribution in [0.25, 0.3) is 11.0 Å². The van der Waals surface area contributed by atoms with E-state index in [1.54, 1.807) is 25.4 Å². The zero-order chi connectivity index (χ0) is 28.7. The second-order valence-electron chi connectivity index (χ2n) is 10.8. The van der Waals surface area contributed by atoms with Crippen molar-refractivity contribution >= 4 is 22.9 Å². The van der Waals surface area contributed by atoms with Crippen molar-refractivity contribution in [2.75, 3.05) is 11.9 Å². The first kappa shape index (κ1) is 29.3. The zero-order valence-corrected chi connectivity index (χ0v) is 23.9. The molecule has 9 heteroatoms. The fourth-order valence-electron chi connectivity index (χ4n) is 4.63.